The van der Waals surface area contributed by atoms with Gasteiger partial charge >= 0.3 is 0 Å². The van der Waals surface area contributed by atoms with Crippen LogP contribution in [0.1, 0.15) is 25.7 Å². The Bertz CT molecular complexity index is 943. The van der Waals surface area contributed by atoms with Crippen molar-refractivity contribution < 1.29 is 26.7 Å². The predicted octanol–water partition coefficient (Wildman–Crippen LogP) is 3.20. The van der Waals surface area contributed by atoms with E-state index in [0.717, 1.165) is 37.8 Å². The van der Waals surface area contributed by atoms with E-state index < -0.39 is 27.6 Å². The second-order valence-electron chi connectivity index (χ2n) is 6.54. The first kappa shape index (κ1) is 20.2. The average molecular weight is 410 g/mol. The van der Waals surface area contributed by atoms with Crippen molar-refractivity contribution in [2.45, 2.75) is 36.6 Å². The van der Waals surface area contributed by atoms with Crippen LogP contribution in [0.3, 0.4) is 0 Å². The predicted molar refractivity (Wildman–Crippen MR) is 99.5 cm³/mol. The Hall–Kier alpha value is -2.52. The molecular formula is C19H20F2N2O4S. The van der Waals surface area contributed by atoms with Crippen LogP contribution in [-0.4, -0.2) is 27.0 Å². The molecule has 6 nitrogen and oxygen atoms in total. The molecular weight excluding hydrogens is 390 g/mol. The molecule has 0 radical (unpaired) electrons. The van der Waals surface area contributed by atoms with Crippen LogP contribution in [0, 0.1) is 11.6 Å². The minimum absolute atomic E-state index is 0.0269. The van der Waals surface area contributed by atoms with Crippen LogP contribution in [0.5, 0.6) is 5.75 Å². The van der Waals surface area contributed by atoms with Gasteiger partial charge in [-0.1, -0.05) is 12.8 Å². The van der Waals surface area contributed by atoms with E-state index in [0.29, 0.717) is 5.75 Å². The molecule has 3 rings (SSSR count). The summed E-state index contributed by atoms with van der Waals surface area (Å²) in [6.45, 7) is -0.370. The Morgan fingerprint density at radius 2 is 1.71 bits per heavy atom. The fourth-order valence-corrected chi connectivity index (χ4v) is 4.27. The number of hydrogen-bond acceptors (Lipinski definition) is 4. The normalized spacial score (nSPS) is 14.8. The highest BCUT2D eigenvalue weighted by Gasteiger charge is 2.22. The Kier molecular flexibility index (Phi) is 6.25. The van der Waals surface area contributed by atoms with E-state index in [1.165, 1.54) is 30.3 Å². The van der Waals surface area contributed by atoms with E-state index in [1.807, 2.05) is 0 Å². The number of hydrogen-bond donors (Lipinski definition) is 2. The lowest BCUT2D eigenvalue weighted by Gasteiger charge is -2.13. The highest BCUT2D eigenvalue weighted by atomic mass is 32.2. The van der Waals surface area contributed by atoms with E-state index in [1.54, 1.807) is 0 Å². The Balaban J connectivity index is 1.53. The van der Waals surface area contributed by atoms with Crippen LogP contribution in [-0.2, 0) is 14.8 Å². The third kappa shape index (κ3) is 5.26. The highest BCUT2D eigenvalue weighted by molar-refractivity contribution is 7.89. The number of anilines is 1. The minimum atomic E-state index is -3.59. The summed E-state index contributed by atoms with van der Waals surface area (Å²) in [5.74, 6) is -2.33. The first-order valence-corrected chi connectivity index (χ1v) is 10.3. The summed E-state index contributed by atoms with van der Waals surface area (Å²) in [7, 11) is -3.59. The molecule has 1 saturated carbocycles. The van der Waals surface area contributed by atoms with Crippen LogP contribution in [0.4, 0.5) is 14.5 Å². The van der Waals surface area contributed by atoms with Crippen molar-refractivity contribution in [3.63, 3.8) is 0 Å². The second kappa shape index (κ2) is 8.66. The topological polar surface area (TPSA) is 84.5 Å². The lowest BCUT2D eigenvalue weighted by Crippen LogP contribution is -2.32. The zero-order valence-corrected chi connectivity index (χ0v) is 15.8. The molecule has 1 fully saturated rings. The maximum absolute atomic E-state index is 13.1. The van der Waals surface area contributed by atoms with E-state index in [-0.39, 0.29) is 23.2 Å². The van der Waals surface area contributed by atoms with Gasteiger partial charge in [0.2, 0.25) is 10.0 Å². The van der Waals surface area contributed by atoms with Gasteiger partial charge in [-0.05, 0) is 49.2 Å². The van der Waals surface area contributed by atoms with Gasteiger partial charge in [-0.15, -0.1) is 0 Å². The molecule has 0 bridgehead atoms. The summed E-state index contributed by atoms with van der Waals surface area (Å²) in [4.78, 5) is 12.0. The van der Waals surface area contributed by atoms with E-state index in [9.17, 15) is 22.0 Å². The number of amides is 1. The van der Waals surface area contributed by atoms with Crippen molar-refractivity contribution in [1.29, 1.82) is 0 Å². The molecule has 2 aromatic carbocycles. The number of carbonyl (C=O) groups excluding carboxylic acids is 1. The number of ether oxygens (including phenoxy) is 1. The molecule has 28 heavy (non-hydrogen) atoms. The van der Waals surface area contributed by atoms with Gasteiger partial charge in [-0.25, -0.2) is 21.9 Å². The standard InChI is InChI=1S/C19H20F2N2O4S/c20-17-10-5-14(11-18(17)21)22-19(24)12-27-15-6-8-16(9-7-15)28(25,26)23-13-3-1-2-4-13/h5-11,13,23H,1-4,12H2,(H,22,24). The van der Waals surface area contributed by atoms with Crippen molar-refractivity contribution in [2.75, 3.05) is 11.9 Å². The fourth-order valence-electron chi connectivity index (χ4n) is 2.97. The summed E-state index contributed by atoms with van der Waals surface area (Å²) in [5.41, 5.74) is 0.104. The van der Waals surface area contributed by atoms with Crippen LogP contribution < -0.4 is 14.8 Å². The Morgan fingerprint density at radius 3 is 2.36 bits per heavy atom. The number of halogens is 2. The monoisotopic (exact) mass is 410 g/mol. The Labute approximate surface area is 162 Å². The summed E-state index contributed by atoms with van der Waals surface area (Å²) in [5, 5.41) is 2.38. The molecule has 150 valence electrons. The molecule has 0 spiro atoms. The van der Waals surface area contributed by atoms with Gasteiger partial charge in [0.1, 0.15) is 5.75 Å². The first-order valence-electron chi connectivity index (χ1n) is 8.83. The zero-order valence-electron chi connectivity index (χ0n) is 15.0. The molecule has 9 heteroatoms. The molecule has 2 aromatic rings. The molecule has 0 heterocycles. The van der Waals surface area contributed by atoms with Gasteiger partial charge in [0.25, 0.3) is 5.91 Å². The van der Waals surface area contributed by atoms with E-state index in [4.69, 9.17) is 4.74 Å². The van der Waals surface area contributed by atoms with E-state index >= 15 is 0 Å². The molecule has 0 aromatic heterocycles. The van der Waals surface area contributed by atoms with E-state index in [2.05, 4.69) is 10.0 Å². The highest BCUT2D eigenvalue weighted by Crippen LogP contribution is 2.21. The number of carbonyl (C=O) groups is 1. The zero-order chi connectivity index (χ0) is 20.1. The fraction of sp³-hybridized carbons (Fsp3) is 0.316. The Morgan fingerprint density at radius 1 is 1.04 bits per heavy atom. The third-order valence-corrected chi connectivity index (χ3v) is 5.92. The maximum atomic E-state index is 13.1. The second-order valence-corrected chi connectivity index (χ2v) is 8.25. The van der Waals surface area contributed by atoms with Gasteiger partial charge in [0.15, 0.2) is 18.2 Å². The SMILES string of the molecule is O=C(COc1ccc(S(=O)(=O)NC2CCCC2)cc1)Nc1ccc(F)c(F)c1. The largest absolute Gasteiger partial charge is 0.484 e. The van der Waals surface area contributed by atoms with Crippen molar-refractivity contribution in [1.82, 2.24) is 4.72 Å². The molecule has 1 aliphatic carbocycles. The summed E-state index contributed by atoms with van der Waals surface area (Å²) < 4.78 is 58.7. The molecule has 0 atom stereocenters. The maximum Gasteiger partial charge on any atom is 0.262 e. The van der Waals surface area contributed by atoms with Crippen LogP contribution >= 0.6 is 0 Å². The van der Waals surface area contributed by atoms with Gasteiger partial charge in [0, 0.05) is 17.8 Å². The van der Waals surface area contributed by atoms with Gasteiger partial charge in [0.05, 0.1) is 4.90 Å². The molecule has 0 aliphatic heterocycles. The summed E-state index contributed by atoms with van der Waals surface area (Å²) in [6.07, 6.45) is 3.72. The molecule has 0 unspecified atom stereocenters. The van der Waals surface area contributed by atoms with Crippen LogP contribution in [0.2, 0.25) is 0 Å². The lowest BCUT2D eigenvalue weighted by molar-refractivity contribution is -0.118. The average Bonchev–Trinajstić information content (AvgIpc) is 3.16. The van der Waals surface area contributed by atoms with Crippen molar-refractivity contribution in [3.8, 4) is 5.75 Å². The summed E-state index contributed by atoms with van der Waals surface area (Å²) in [6, 6.07) is 8.69. The quantitative estimate of drug-likeness (QED) is 0.734. The number of nitrogens with one attached hydrogen (secondary N) is 2. The number of sulfonamides is 1. The lowest BCUT2D eigenvalue weighted by atomic mass is 10.3. The molecule has 0 saturated heterocycles. The molecule has 1 aliphatic rings. The number of benzene rings is 2. The molecule has 2 N–H and O–H groups in total. The van der Waals surface area contributed by atoms with Crippen LogP contribution in [0.25, 0.3) is 0 Å². The first-order chi connectivity index (χ1) is 13.3. The van der Waals surface area contributed by atoms with Crippen molar-refractivity contribution in [3.05, 3.63) is 54.1 Å². The number of rotatable bonds is 7. The smallest absolute Gasteiger partial charge is 0.262 e. The van der Waals surface area contributed by atoms with Crippen molar-refractivity contribution in [2.24, 2.45) is 0 Å². The van der Waals surface area contributed by atoms with Gasteiger partial charge < -0.3 is 10.1 Å². The molecule has 1 amide bonds. The summed E-state index contributed by atoms with van der Waals surface area (Å²) >= 11 is 0. The van der Waals surface area contributed by atoms with Gasteiger partial charge in [-0.2, -0.15) is 0 Å². The van der Waals surface area contributed by atoms with Crippen molar-refractivity contribution >= 4 is 21.6 Å². The van der Waals surface area contributed by atoms with Gasteiger partial charge in [-0.3, -0.25) is 4.79 Å². The van der Waals surface area contributed by atoms with Crippen LogP contribution in [0.15, 0.2) is 47.4 Å². The third-order valence-electron chi connectivity index (χ3n) is 4.38. The minimum Gasteiger partial charge on any atom is -0.484 e.